The maximum atomic E-state index is 6.57. The fourth-order valence-electron chi connectivity index (χ4n) is 7.88. The molecule has 264 valence electrons. The fraction of sp³-hybridized carbons (Fsp3) is 0. The summed E-state index contributed by atoms with van der Waals surface area (Å²) in [6.45, 7) is 0. The summed E-state index contributed by atoms with van der Waals surface area (Å²) >= 11 is 0. The molecule has 0 aliphatic carbocycles. The van der Waals surface area contributed by atoms with Crippen molar-refractivity contribution in [3.63, 3.8) is 0 Å². The van der Waals surface area contributed by atoms with Crippen LogP contribution in [0, 0.1) is 0 Å². The van der Waals surface area contributed by atoms with E-state index in [-0.39, 0.29) is 0 Å². The minimum absolute atomic E-state index is 0.892. The number of furan rings is 1. The summed E-state index contributed by atoms with van der Waals surface area (Å²) < 4.78 is 6.57. The molecule has 0 N–H and O–H groups in total. The van der Waals surface area contributed by atoms with Gasteiger partial charge >= 0.3 is 0 Å². The van der Waals surface area contributed by atoms with Gasteiger partial charge in [-0.05, 0) is 93.0 Å². The first-order chi connectivity index (χ1) is 27.8. The summed E-state index contributed by atoms with van der Waals surface area (Å²) in [5.41, 5.74) is 16.7. The van der Waals surface area contributed by atoms with Gasteiger partial charge in [0.05, 0.1) is 5.69 Å². The molecule has 10 aromatic rings. The smallest absolute Gasteiger partial charge is 0.143 e. The van der Waals surface area contributed by atoms with Crippen molar-refractivity contribution in [3.8, 4) is 55.6 Å². The average molecular weight is 716 g/mol. The van der Waals surface area contributed by atoms with Crippen LogP contribution in [0.2, 0.25) is 0 Å². The highest BCUT2D eigenvalue weighted by atomic mass is 16.3. The molecule has 0 aliphatic heterocycles. The molecule has 9 aromatic carbocycles. The summed E-state index contributed by atoms with van der Waals surface area (Å²) in [7, 11) is 0. The number of rotatable bonds is 8. The van der Waals surface area contributed by atoms with E-state index in [4.69, 9.17) is 4.42 Å². The molecular weight excluding hydrogens is 679 g/mol. The molecule has 0 bridgehead atoms. The largest absolute Gasteiger partial charge is 0.455 e. The van der Waals surface area contributed by atoms with Crippen LogP contribution in [-0.4, -0.2) is 0 Å². The number of hydrogen-bond acceptors (Lipinski definition) is 2. The molecule has 0 radical (unpaired) electrons. The van der Waals surface area contributed by atoms with Crippen LogP contribution in [-0.2, 0) is 0 Å². The van der Waals surface area contributed by atoms with Gasteiger partial charge in [-0.15, -0.1) is 0 Å². The first-order valence-electron chi connectivity index (χ1n) is 19.1. The van der Waals surface area contributed by atoms with E-state index in [1.54, 1.807) is 0 Å². The molecule has 0 unspecified atom stereocenters. The Kier molecular flexibility index (Phi) is 8.55. The van der Waals surface area contributed by atoms with E-state index in [9.17, 15) is 0 Å². The van der Waals surface area contributed by atoms with Gasteiger partial charge in [0.2, 0.25) is 0 Å². The van der Waals surface area contributed by atoms with Crippen LogP contribution in [0.15, 0.2) is 229 Å². The van der Waals surface area contributed by atoms with Crippen molar-refractivity contribution < 1.29 is 4.42 Å². The highest BCUT2D eigenvalue weighted by molar-refractivity contribution is 6.11. The summed E-state index contributed by atoms with van der Waals surface area (Å²) in [6.07, 6.45) is 0. The Labute approximate surface area is 327 Å². The summed E-state index contributed by atoms with van der Waals surface area (Å²) in [6, 6.07) is 80.0. The average Bonchev–Trinajstić information content (AvgIpc) is 3.67. The highest BCUT2D eigenvalue weighted by Crippen LogP contribution is 2.43. The number of nitrogens with zero attached hydrogens (tertiary/aromatic N) is 1. The van der Waals surface area contributed by atoms with Gasteiger partial charge in [0.15, 0.2) is 0 Å². The molecular formula is C54H37NO. The van der Waals surface area contributed by atoms with Crippen molar-refractivity contribution in [1.82, 2.24) is 0 Å². The van der Waals surface area contributed by atoms with Crippen molar-refractivity contribution in [3.05, 3.63) is 224 Å². The van der Waals surface area contributed by atoms with Crippen molar-refractivity contribution in [2.45, 2.75) is 0 Å². The molecule has 2 heteroatoms. The highest BCUT2D eigenvalue weighted by Gasteiger charge is 2.19. The van der Waals surface area contributed by atoms with E-state index in [2.05, 4.69) is 223 Å². The molecule has 0 fully saturated rings. The number of fused-ring (bicyclic) bond motifs is 3. The third-order valence-corrected chi connectivity index (χ3v) is 10.7. The van der Waals surface area contributed by atoms with Gasteiger partial charge in [0.25, 0.3) is 0 Å². The van der Waals surface area contributed by atoms with Crippen LogP contribution in [0.1, 0.15) is 0 Å². The minimum Gasteiger partial charge on any atom is -0.455 e. The van der Waals surface area contributed by atoms with E-state index >= 15 is 0 Å². The van der Waals surface area contributed by atoms with Crippen LogP contribution in [0.25, 0.3) is 77.6 Å². The maximum Gasteiger partial charge on any atom is 0.143 e. The van der Waals surface area contributed by atoms with Gasteiger partial charge < -0.3 is 9.32 Å². The van der Waals surface area contributed by atoms with Gasteiger partial charge in [-0.1, -0.05) is 176 Å². The Morgan fingerprint density at radius 2 is 0.714 bits per heavy atom. The lowest BCUT2D eigenvalue weighted by molar-refractivity contribution is 0.670. The molecule has 0 saturated carbocycles. The predicted octanol–water partition coefficient (Wildman–Crippen LogP) is 15.4. The standard InChI is InChI=1S/C54H37NO/c1-4-14-38(15-5-1)40-24-26-44(27-25-40)50-36-45(37-51-49-21-11-13-23-53(49)56-54(50)51)42-30-34-47(35-31-42)55(46-32-28-41(29-33-46)39-16-6-2-7-17-39)52-22-12-10-20-48(52)43-18-8-3-9-19-43/h1-37H. The number of hydrogen-bond donors (Lipinski definition) is 0. The van der Waals surface area contributed by atoms with Gasteiger partial charge in [0.1, 0.15) is 11.2 Å². The second kappa shape index (κ2) is 14.4. The van der Waals surface area contributed by atoms with E-state index < -0.39 is 0 Å². The lowest BCUT2D eigenvalue weighted by Gasteiger charge is -2.28. The molecule has 2 nitrogen and oxygen atoms in total. The second-order valence-corrected chi connectivity index (χ2v) is 14.1. The topological polar surface area (TPSA) is 16.4 Å². The van der Waals surface area contributed by atoms with Crippen LogP contribution in [0.5, 0.6) is 0 Å². The van der Waals surface area contributed by atoms with Gasteiger partial charge in [0, 0.05) is 33.3 Å². The zero-order valence-corrected chi connectivity index (χ0v) is 30.7. The Bertz CT molecular complexity index is 2910. The molecule has 0 atom stereocenters. The zero-order valence-electron chi connectivity index (χ0n) is 30.7. The molecule has 0 spiro atoms. The van der Waals surface area contributed by atoms with Crippen molar-refractivity contribution in [2.75, 3.05) is 4.90 Å². The van der Waals surface area contributed by atoms with E-state index in [0.29, 0.717) is 0 Å². The Hall–Kier alpha value is -7.42. The lowest BCUT2D eigenvalue weighted by atomic mass is 9.94. The third kappa shape index (κ3) is 6.24. The fourth-order valence-corrected chi connectivity index (χ4v) is 7.88. The summed E-state index contributed by atoms with van der Waals surface area (Å²) in [4.78, 5) is 2.37. The van der Waals surface area contributed by atoms with Gasteiger partial charge in [-0.25, -0.2) is 0 Å². The molecule has 0 saturated heterocycles. The number of anilines is 3. The van der Waals surface area contributed by atoms with E-state index in [1.807, 2.05) is 6.07 Å². The molecule has 56 heavy (non-hydrogen) atoms. The molecule has 0 aliphatic rings. The molecule has 1 heterocycles. The molecule has 10 rings (SSSR count). The number of benzene rings is 9. The van der Waals surface area contributed by atoms with Crippen LogP contribution in [0.4, 0.5) is 17.1 Å². The minimum atomic E-state index is 0.892. The van der Waals surface area contributed by atoms with Gasteiger partial charge in [-0.2, -0.15) is 0 Å². The zero-order chi connectivity index (χ0) is 37.3. The SMILES string of the molecule is c1ccc(-c2ccc(-c3cc(-c4ccc(N(c5ccc(-c6ccccc6)cc5)c5ccccc5-c5ccccc5)cc4)cc4c3oc3ccccc34)cc2)cc1. The van der Waals surface area contributed by atoms with Crippen LogP contribution < -0.4 is 4.90 Å². The quantitative estimate of drug-likeness (QED) is 0.156. The van der Waals surface area contributed by atoms with Crippen molar-refractivity contribution in [1.29, 1.82) is 0 Å². The first-order valence-corrected chi connectivity index (χ1v) is 19.1. The van der Waals surface area contributed by atoms with Crippen LogP contribution >= 0.6 is 0 Å². The summed E-state index contributed by atoms with van der Waals surface area (Å²) in [5.74, 6) is 0. The monoisotopic (exact) mass is 715 g/mol. The Morgan fingerprint density at radius 3 is 1.32 bits per heavy atom. The van der Waals surface area contributed by atoms with Crippen molar-refractivity contribution in [2.24, 2.45) is 0 Å². The third-order valence-electron chi connectivity index (χ3n) is 10.7. The van der Waals surface area contributed by atoms with E-state index in [1.165, 1.54) is 33.4 Å². The normalized spacial score (nSPS) is 11.2. The molecule has 1 aromatic heterocycles. The summed E-state index contributed by atoms with van der Waals surface area (Å²) in [5, 5.41) is 2.23. The Balaban J connectivity index is 1.08. The number of para-hydroxylation sites is 2. The Morgan fingerprint density at radius 1 is 0.286 bits per heavy atom. The lowest BCUT2D eigenvalue weighted by Crippen LogP contribution is -2.11. The van der Waals surface area contributed by atoms with Crippen LogP contribution in [0.3, 0.4) is 0 Å². The molecule has 0 amide bonds. The van der Waals surface area contributed by atoms with E-state index in [0.717, 1.165) is 61.3 Å². The van der Waals surface area contributed by atoms with Crippen molar-refractivity contribution >= 4 is 39.0 Å². The second-order valence-electron chi connectivity index (χ2n) is 14.1. The predicted molar refractivity (Wildman–Crippen MR) is 236 cm³/mol. The first kappa shape index (κ1) is 33.2. The van der Waals surface area contributed by atoms with Gasteiger partial charge in [-0.3, -0.25) is 0 Å². The maximum absolute atomic E-state index is 6.57.